The number of nitrogens with two attached hydrogens (primary N) is 1. The van der Waals surface area contributed by atoms with E-state index < -0.39 is 17.1 Å². The first kappa shape index (κ1) is 20.7. The molecule has 0 atom stereocenters. The van der Waals surface area contributed by atoms with Gasteiger partial charge in [-0.1, -0.05) is 23.4 Å². The summed E-state index contributed by atoms with van der Waals surface area (Å²) >= 11 is 0. The highest BCUT2D eigenvalue weighted by Gasteiger charge is 2.48. The number of carbonyl (C=O) groups is 1. The fourth-order valence-corrected chi connectivity index (χ4v) is 3.51. The van der Waals surface area contributed by atoms with Crippen LogP contribution in [0, 0.1) is 17.0 Å². The van der Waals surface area contributed by atoms with Crippen molar-refractivity contribution in [1.82, 2.24) is 24.9 Å². The summed E-state index contributed by atoms with van der Waals surface area (Å²) in [7, 11) is 0. The molecule has 4 aromatic rings. The lowest BCUT2D eigenvalue weighted by Crippen LogP contribution is -2.31. The Morgan fingerprint density at radius 2 is 2.00 bits per heavy atom. The van der Waals surface area contributed by atoms with Crippen molar-refractivity contribution in [2.75, 3.05) is 11.9 Å². The standard InChI is InChI=1S/C22H19F2N7O2/c23-14-4-2-1-3-13(14)11-31-18(16-5-8-33-30-16)9-17(29-31)20-26-10-15(24)19(28-20)27-12-22(6-7-22)21(25)32/h1-5,8-10H,6-7,11-12H2,(H2,25,32)(H,26,27,28). The first-order valence-electron chi connectivity index (χ1n) is 10.2. The smallest absolute Gasteiger partial charge is 0.225 e. The number of benzene rings is 1. The Morgan fingerprint density at radius 3 is 2.70 bits per heavy atom. The minimum atomic E-state index is -0.668. The third-order valence-corrected chi connectivity index (χ3v) is 5.70. The zero-order chi connectivity index (χ0) is 23.0. The summed E-state index contributed by atoms with van der Waals surface area (Å²) in [6, 6.07) is 9.69. The molecule has 11 heteroatoms. The monoisotopic (exact) mass is 451 g/mol. The van der Waals surface area contributed by atoms with Gasteiger partial charge in [-0.05, 0) is 25.0 Å². The second-order valence-corrected chi connectivity index (χ2v) is 7.94. The predicted molar refractivity (Wildman–Crippen MR) is 114 cm³/mol. The van der Waals surface area contributed by atoms with E-state index in [4.69, 9.17) is 10.3 Å². The third kappa shape index (κ3) is 4.04. The molecule has 33 heavy (non-hydrogen) atoms. The molecule has 0 unspecified atom stereocenters. The molecule has 1 aliphatic rings. The van der Waals surface area contributed by atoms with Crippen LogP contribution in [0.15, 0.2) is 53.4 Å². The van der Waals surface area contributed by atoms with E-state index >= 15 is 0 Å². The summed E-state index contributed by atoms with van der Waals surface area (Å²) in [6.45, 7) is 0.309. The molecule has 1 saturated carbocycles. The Labute approximate surface area is 186 Å². The maximum Gasteiger partial charge on any atom is 0.225 e. The molecule has 0 saturated heterocycles. The SMILES string of the molecule is NC(=O)C1(CNc2nc(-c3cc(-c4ccon4)n(Cc4ccccc4F)n3)ncc2F)CC1. The topological polar surface area (TPSA) is 125 Å². The Hall–Kier alpha value is -4.15. The van der Waals surface area contributed by atoms with Crippen molar-refractivity contribution in [3.05, 3.63) is 66.1 Å². The summed E-state index contributed by atoms with van der Waals surface area (Å²) in [5.74, 6) is -1.36. The van der Waals surface area contributed by atoms with Crippen LogP contribution in [0.1, 0.15) is 18.4 Å². The minimum Gasteiger partial charge on any atom is -0.369 e. The van der Waals surface area contributed by atoms with Crippen LogP contribution in [0.5, 0.6) is 0 Å². The molecule has 0 bridgehead atoms. The van der Waals surface area contributed by atoms with Crippen molar-refractivity contribution < 1.29 is 18.1 Å². The van der Waals surface area contributed by atoms with Gasteiger partial charge in [0.2, 0.25) is 5.91 Å². The van der Waals surface area contributed by atoms with E-state index in [1.165, 1.54) is 12.3 Å². The zero-order valence-corrected chi connectivity index (χ0v) is 17.3. The van der Waals surface area contributed by atoms with Gasteiger partial charge in [-0.25, -0.2) is 18.7 Å². The molecule has 168 valence electrons. The molecule has 1 fully saturated rings. The van der Waals surface area contributed by atoms with Crippen molar-refractivity contribution in [2.24, 2.45) is 11.1 Å². The van der Waals surface area contributed by atoms with Crippen LogP contribution in [0.3, 0.4) is 0 Å². The second kappa shape index (κ2) is 8.08. The van der Waals surface area contributed by atoms with Crippen molar-refractivity contribution in [3.8, 4) is 22.9 Å². The van der Waals surface area contributed by atoms with Gasteiger partial charge in [-0.3, -0.25) is 9.48 Å². The van der Waals surface area contributed by atoms with Crippen LogP contribution in [0.4, 0.5) is 14.6 Å². The average molecular weight is 451 g/mol. The van der Waals surface area contributed by atoms with E-state index in [0.717, 1.165) is 6.20 Å². The molecule has 1 aliphatic carbocycles. The molecular weight excluding hydrogens is 432 g/mol. The van der Waals surface area contributed by atoms with E-state index in [9.17, 15) is 13.6 Å². The highest BCUT2D eigenvalue weighted by molar-refractivity contribution is 5.84. The van der Waals surface area contributed by atoms with Gasteiger partial charge < -0.3 is 15.6 Å². The lowest BCUT2D eigenvalue weighted by molar-refractivity contribution is -0.122. The number of hydrogen-bond donors (Lipinski definition) is 2. The number of aromatic nitrogens is 5. The first-order chi connectivity index (χ1) is 15.9. The van der Waals surface area contributed by atoms with Gasteiger partial charge in [0.1, 0.15) is 23.5 Å². The molecule has 9 nitrogen and oxygen atoms in total. The number of rotatable bonds is 8. The summed E-state index contributed by atoms with van der Waals surface area (Å²) in [5.41, 5.74) is 6.58. The molecule has 1 amide bonds. The highest BCUT2D eigenvalue weighted by Crippen LogP contribution is 2.45. The zero-order valence-electron chi connectivity index (χ0n) is 17.3. The van der Waals surface area contributed by atoms with Gasteiger partial charge in [-0.15, -0.1) is 0 Å². The van der Waals surface area contributed by atoms with Crippen molar-refractivity contribution >= 4 is 11.7 Å². The van der Waals surface area contributed by atoms with Gasteiger partial charge in [0.05, 0.1) is 23.9 Å². The van der Waals surface area contributed by atoms with E-state index in [1.54, 1.807) is 35.0 Å². The van der Waals surface area contributed by atoms with Gasteiger partial charge in [0.15, 0.2) is 17.5 Å². The largest absolute Gasteiger partial charge is 0.369 e. The van der Waals surface area contributed by atoms with Crippen LogP contribution < -0.4 is 11.1 Å². The normalized spacial score (nSPS) is 14.2. The van der Waals surface area contributed by atoms with Crippen molar-refractivity contribution in [3.63, 3.8) is 0 Å². The Bertz CT molecular complexity index is 1320. The average Bonchev–Trinajstić information content (AvgIpc) is 3.20. The van der Waals surface area contributed by atoms with Crippen LogP contribution in [-0.2, 0) is 11.3 Å². The van der Waals surface area contributed by atoms with E-state index in [-0.39, 0.29) is 30.5 Å². The fraction of sp³-hybridized carbons (Fsp3) is 0.227. The summed E-state index contributed by atoms with van der Waals surface area (Å²) in [6.07, 6.45) is 3.74. The van der Waals surface area contributed by atoms with Gasteiger partial charge in [-0.2, -0.15) is 5.10 Å². The van der Waals surface area contributed by atoms with Gasteiger partial charge in [0.25, 0.3) is 0 Å². The summed E-state index contributed by atoms with van der Waals surface area (Å²) < 4.78 is 35.1. The Kier molecular flexibility index (Phi) is 5.08. The number of hydrogen-bond acceptors (Lipinski definition) is 7. The molecule has 0 spiro atoms. The Morgan fingerprint density at radius 1 is 1.18 bits per heavy atom. The third-order valence-electron chi connectivity index (χ3n) is 5.70. The number of anilines is 1. The molecule has 1 aromatic carbocycles. The maximum absolute atomic E-state index is 14.3. The lowest BCUT2D eigenvalue weighted by atomic mass is 10.1. The number of halogens is 2. The molecule has 3 heterocycles. The van der Waals surface area contributed by atoms with Crippen molar-refractivity contribution in [1.29, 1.82) is 0 Å². The van der Waals surface area contributed by atoms with Gasteiger partial charge in [0, 0.05) is 18.2 Å². The molecule has 5 rings (SSSR count). The number of nitrogens with one attached hydrogen (secondary N) is 1. The molecule has 3 N–H and O–H groups in total. The van der Waals surface area contributed by atoms with Crippen molar-refractivity contribution in [2.45, 2.75) is 19.4 Å². The molecular formula is C22H19F2N7O2. The minimum absolute atomic E-state index is 0.0563. The van der Waals surface area contributed by atoms with E-state index in [0.29, 0.717) is 35.5 Å². The summed E-state index contributed by atoms with van der Waals surface area (Å²) in [4.78, 5) is 19.9. The van der Waals surface area contributed by atoms with Crippen LogP contribution in [0.25, 0.3) is 22.9 Å². The van der Waals surface area contributed by atoms with Crippen LogP contribution in [0.2, 0.25) is 0 Å². The fourth-order valence-electron chi connectivity index (χ4n) is 3.51. The van der Waals surface area contributed by atoms with E-state index in [1.807, 2.05) is 0 Å². The Balaban J connectivity index is 1.48. The molecule has 0 aliphatic heterocycles. The highest BCUT2D eigenvalue weighted by atomic mass is 19.1. The van der Waals surface area contributed by atoms with Crippen LogP contribution >= 0.6 is 0 Å². The first-order valence-corrected chi connectivity index (χ1v) is 10.2. The van der Waals surface area contributed by atoms with Gasteiger partial charge >= 0.3 is 0 Å². The number of nitrogens with zero attached hydrogens (tertiary/aromatic N) is 5. The summed E-state index contributed by atoms with van der Waals surface area (Å²) in [5, 5.41) is 11.3. The second-order valence-electron chi connectivity index (χ2n) is 7.94. The van der Waals surface area contributed by atoms with Crippen LogP contribution in [-0.4, -0.2) is 37.4 Å². The lowest BCUT2D eigenvalue weighted by Gasteiger charge is -2.13. The number of primary amides is 1. The maximum atomic E-state index is 14.3. The predicted octanol–water partition coefficient (Wildman–Crippen LogP) is 3.00. The quantitative estimate of drug-likeness (QED) is 0.422. The molecule has 3 aromatic heterocycles. The number of carbonyl (C=O) groups excluding carboxylic acids is 1. The number of amides is 1. The van der Waals surface area contributed by atoms with E-state index in [2.05, 4.69) is 25.5 Å². The molecule has 0 radical (unpaired) electrons.